The van der Waals surface area contributed by atoms with Crippen molar-refractivity contribution in [3.63, 3.8) is 0 Å². The van der Waals surface area contributed by atoms with Crippen molar-refractivity contribution in [2.45, 2.75) is 39.3 Å². The number of esters is 1. The van der Waals surface area contributed by atoms with Crippen molar-refractivity contribution in [2.24, 2.45) is 0 Å². The van der Waals surface area contributed by atoms with Gasteiger partial charge in [0.15, 0.2) is 0 Å². The van der Waals surface area contributed by atoms with Crippen LogP contribution < -0.4 is 5.32 Å². The minimum absolute atomic E-state index is 0.0323. The summed E-state index contributed by atoms with van der Waals surface area (Å²) >= 11 is 0. The average Bonchev–Trinajstić information content (AvgIpc) is 2.51. The number of hydrogen-bond acceptors (Lipinski definition) is 4. The highest BCUT2D eigenvalue weighted by Gasteiger charge is 2.07. The highest BCUT2D eigenvalue weighted by molar-refractivity contribution is 5.81. The number of carbonyl (C=O) groups is 2. The van der Waals surface area contributed by atoms with E-state index in [1.54, 1.807) is 13.0 Å². The Balaban J connectivity index is 2.17. The summed E-state index contributed by atoms with van der Waals surface area (Å²) in [5.41, 5.74) is 0.947. The van der Waals surface area contributed by atoms with Gasteiger partial charge in [0.1, 0.15) is 6.61 Å². The molecule has 0 heterocycles. The Bertz CT molecular complexity index is 485. The Morgan fingerprint density at radius 1 is 1.23 bits per heavy atom. The maximum absolute atomic E-state index is 11.6. The molecule has 0 fully saturated rings. The summed E-state index contributed by atoms with van der Waals surface area (Å²) in [5, 5.41) is 2.75. The molecule has 1 N–H and O–H groups in total. The topological polar surface area (TPSA) is 64.6 Å². The molecule has 0 saturated heterocycles. The van der Waals surface area contributed by atoms with E-state index in [1.807, 2.05) is 37.3 Å². The fraction of sp³-hybridized carbons (Fsp3) is 0.412. The van der Waals surface area contributed by atoms with Crippen LogP contribution in [0.2, 0.25) is 0 Å². The van der Waals surface area contributed by atoms with Crippen molar-refractivity contribution in [2.75, 3.05) is 6.61 Å². The third-order valence-electron chi connectivity index (χ3n) is 2.88. The predicted octanol–water partition coefficient (Wildman–Crippen LogP) is 3.20. The van der Waals surface area contributed by atoms with Gasteiger partial charge in [-0.15, -0.1) is 0 Å². The minimum Gasteiger partial charge on any atom is -0.463 e. The fourth-order valence-electron chi connectivity index (χ4n) is 1.75. The molecule has 5 nitrogen and oxygen atoms in total. The molecule has 0 aromatic heterocycles. The van der Waals surface area contributed by atoms with Gasteiger partial charge >= 0.3 is 12.1 Å². The van der Waals surface area contributed by atoms with Gasteiger partial charge in [0.2, 0.25) is 0 Å². The molecule has 1 atom stereocenters. The first kappa shape index (κ1) is 17.8. The summed E-state index contributed by atoms with van der Waals surface area (Å²) in [6.07, 6.45) is 4.11. The van der Waals surface area contributed by atoms with Crippen molar-refractivity contribution in [3.05, 3.63) is 48.0 Å². The van der Waals surface area contributed by atoms with Crippen molar-refractivity contribution in [1.29, 1.82) is 0 Å². The summed E-state index contributed by atoms with van der Waals surface area (Å²) in [4.78, 5) is 22.7. The molecule has 0 aliphatic rings. The van der Waals surface area contributed by atoms with E-state index in [0.717, 1.165) is 12.0 Å². The van der Waals surface area contributed by atoms with E-state index in [-0.39, 0.29) is 18.6 Å². The van der Waals surface area contributed by atoms with Crippen LogP contribution in [0, 0.1) is 0 Å². The molecule has 0 aliphatic heterocycles. The monoisotopic (exact) mass is 305 g/mol. The first-order chi connectivity index (χ1) is 10.6. The molecule has 0 unspecified atom stereocenters. The highest BCUT2D eigenvalue weighted by Crippen LogP contribution is 2.02. The van der Waals surface area contributed by atoms with E-state index in [9.17, 15) is 9.59 Å². The number of rotatable bonds is 8. The number of carbonyl (C=O) groups excluding carboxylic acids is 2. The Morgan fingerprint density at radius 2 is 1.95 bits per heavy atom. The smallest absolute Gasteiger partial charge is 0.407 e. The largest absolute Gasteiger partial charge is 0.463 e. The lowest BCUT2D eigenvalue weighted by molar-refractivity contribution is -0.137. The summed E-state index contributed by atoms with van der Waals surface area (Å²) in [6.45, 7) is 4.28. The third-order valence-corrected chi connectivity index (χ3v) is 2.88. The quantitative estimate of drug-likeness (QED) is 0.591. The molecule has 1 aromatic carbocycles. The number of amides is 1. The van der Waals surface area contributed by atoms with Gasteiger partial charge in [-0.2, -0.15) is 0 Å². The molecule has 120 valence electrons. The van der Waals surface area contributed by atoms with Crippen molar-refractivity contribution in [3.8, 4) is 0 Å². The van der Waals surface area contributed by atoms with Crippen LogP contribution in [0.1, 0.15) is 32.3 Å². The molecule has 22 heavy (non-hydrogen) atoms. The van der Waals surface area contributed by atoms with Crippen LogP contribution in [0.15, 0.2) is 42.5 Å². The molecule has 0 spiro atoms. The van der Waals surface area contributed by atoms with E-state index >= 15 is 0 Å². The summed E-state index contributed by atoms with van der Waals surface area (Å²) < 4.78 is 9.91. The Morgan fingerprint density at radius 3 is 2.64 bits per heavy atom. The maximum atomic E-state index is 11.6. The Labute approximate surface area is 131 Å². The van der Waals surface area contributed by atoms with Gasteiger partial charge in [-0.05, 0) is 32.3 Å². The molecule has 1 amide bonds. The molecule has 5 heteroatoms. The maximum Gasteiger partial charge on any atom is 0.407 e. The fourth-order valence-corrected chi connectivity index (χ4v) is 1.75. The van der Waals surface area contributed by atoms with Crippen LogP contribution in [0.3, 0.4) is 0 Å². The summed E-state index contributed by atoms with van der Waals surface area (Å²) in [7, 11) is 0. The molecule has 1 aromatic rings. The second-order valence-electron chi connectivity index (χ2n) is 4.84. The molecule has 0 bridgehead atoms. The summed E-state index contributed by atoms with van der Waals surface area (Å²) in [6, 6.07) is 9.48. The first-order valence-corrected chi connectivity index (χ1v) is 7.42. The second kappa shape index (κ2) is 10.4. The first-order valence-electron chi connectivity index (χ1n) is 7.42. The number of alkyl carbamates (subject to hydrolysis) is 1. The number of allylic oxidation sites excluding steroid dienone is 1. The lowest BCUT2D eigenvalue weighted by Crippen LogP contribution is -2.32. The molecule has 0 aliphatic carbocycles. The van der Waals surface area contributed by atoms with Crippen LogP contribution >= 0.6 is 0 Å². The Hall–Kier alpha value is -2.30. The van der Waals surface area contributed by atoms with Gasteiger partial charge in [0, 0.05) is 12.1 Å². The van der Waals surface area contributed by atoms with Crippen LogP contribution in [0.25, 0.3) is 0 Å². The number of ether oxygens (including phenoxy) is 2. The van der Waals surface area contributed by atoms with E-state index < -0.39 is 6.09 Å². The lowest BCUT2D eigenvalue weighted by Gasteiger charge is -2.13. The molecular formula is C17H23NO4. The van der Waals surface area contributed by atoms with Gasteiger partial charge in [0.05, 0.1) is 6.61 Å². The second-order valence-corrected chi connectivity index (χ2v) is 4.84. The SMILES string of the molecule is CCOC(=O)/C=C/CC[C@H](C)NC(=O)OCc1ccccc1. The predicted molar refractivity (Wildman–Crippen MR) is 84.2 cm³/mol. The van der Waals surface area contributed by atoms with Gasteiger partial charge in [-0.25, -0.2) is 9.59 Å². The average molecular weight is 305 g/mol. The number of benzene rings is 1. The zero-order chi connectivity index (χ0) is 16.2. The van der Waals surface area contributed by atoms with Crippen LogP contribution in [-0.4, -0.2) is 24.7 Å². The third kappa shape index (κ3) is 8.09. The summed E-state index contributed by atoms with van der Waals surface area (Å²) in [5.74, 6) is -0.342. The van der Waals surface area contributed by atoms with E-state index in [0.29, 0.717) is 13.0 Å². The number of nitrogens with one attached hydrogen (secondary N) is 1. The van der Waals surface area contributed by atoms with Crippen LogP contribution in [0.4, 0.5) is 4.79 Å². The van der Waals surface area contributed by atoms with Crippen molar-refractivity contribution < 1.29 is 19.1 Å². The lowest BCUT2D eigenvalue weighted by atomic mass is 10.2. The zero-order valence-electron chi connectivity index (χ0n) is 13.1. The molecule has 0 radical (unpaired) electrons. The number of hydrogen-bond donors (Lipinski definition) is 1. The van der Waals surface area contributed by atoms with Gasteiger partial charge in [-0.3, -0.25) is 0 Å². The van der Waals surface area contributed by atoms with Crippen molar-refractivity contribution >= 4 is 12.1 Å². The Kier molecular flexibility index (Phi) is 8.42. The van der Waals surface area contributed by atoms with Gasteiger partial charge in [-0.1, -0.05) is 36.4 Å². The van der Waals surface area contributed by atoms with Crippen LogP contribution in [-0.2, 0) is 20.9 Å². The normalized spacial score (nSPS) is 11.9. The van der Waals surface area contributed by atoms with E-state index in [2.05, 4.69) is 5.32 Å². The molecule has 0 saturated carbocycles. The van der Waals surface area contributed by atoms with Gasteiger partial charge < -0.3 is 14.8 Å². The molecule has 1 rings (SSSR count). The van der Waals surface area contributed by atoms with Crippen LogP contribution in [0.5, 0.6) is 0 Å². The highest BCUT2D eigenvalue weighted by atomic mass is 16.5. The zero-order valence-corrected chi connectivity index (χ0v) is 13.1. The minimum atomic E-state index is -0.439. The van der Waals surface area contributed by atoms with Gasteiger partial charge in [0.25, 0.3) is 0 Å². The molecular weight excluding hydrogens is 282 g/mol. The van der Waals surface area contributed by atoms with Crippen molar-refractivity contribution in [1.82, 2.24) is 5.32 Å². The van der Waals surface area contributed by atoms with E-state index in [4.69, 9.17) is 9.47 Å². The standard InChI is InChI=1S/C17H23NO4/c1-3-21-16(19)12-8-7-9-14(2)18-17(20)22-13-15-10-5-4-6-11-15/h4-6,8,10-12,14H,3,7,9,13H2,1-2H3,(H,18,20)/b12-8+/t14-/m0/s1. The van der Waals surface area contributed by atoms with E-state index in [1.165, 1.54) is 6.08 Å².